The Morgan fingerprint density at radius 1 is 1.45 bits per heavy atom. The second-order valence-electron chi connectivity index (χ2n) is 4.67. The first kappa shape index (κ1) is 14.7. The van der Waals surface area contributed by atoms with Gasteiger partial charge in [-0.1, -0.05) is 6.92 Å². The molecule has 0 radical (unpaired) electrons. The number of nitrogens with zero attached hydrogens (tertiary/aromatic N) is 2. The SMILES string of the molecule is CCN1CCOC(CNc2ccc(C#N)c(F)c2F)C1. The van der Waals surface area contributed by atoms with Crippen molar-refractivity contribution in [3.05, 3.63) is 29.3 Å². The summed E-state index contributed by atoms with van der Waals surface area (Å²) in [6.45, 7) is 5.73. The molecule has 1 aliphatic heterocycles. The lowest BCUT2D eigenvalue weighted by Crippen LogP contribution is -2.45. The second kappa shape index (κ2) is 6.64. The van der Waals surface area contributed by atoms with Crippen LogP contribution in [-0.2, 0) is 4.74 Å². The van der Waals surface area contributed by atoms with Crippen LogP contribution in [-0.4, -0.2) is 43.8 Å². The predicted molar refractivity (Wildman–Crippen MR) is 71.4 cm³/mol. The molecule has 0 saturated carbocycles. The zero-order valence-electron chi connectivity index (χ0n) is 11.3. The molecule has 1 aromatic rings. The Morgan fingerprint density at radius 3 is 2.95 bits per heavy atom. The molecule has 1 fully saturated rings. The standard InChI is InChI=1S/C14H17F2N3O/c1-2-19-5-6-20-11(9-19)8-18-12-4-3-10(7-17)13(15)14(12)16/h3-4,11,18H,2,5-6,8-9H2,1H3. The van der Waals surface area contributed by atoms with E-state index in [2.05, 4.69) is 17.1 Å². The van der Waals surface area contributed by atoms with E-state index >= 15 is 0 Å². The minimum Gasteiger partial charge on any atom is -0.380 e. The smallest absolute Gasteiger partial charge is 0.183 e. The highest BCUT2D eigenvalue weighted by Crippen LogP contribution is 2.20. The van der Waals surface area contributed by atoms with Gasteiger partial charge < -0.3 is 10.1 Å². The lowest BCUT2D eigenvalue weighted by atomic mass is 10.2. The summed E-state index contributed by atoms with van der Waals surface area (Å²) in [5.41, 5.74) is -0.238. The fraction of sp³-hybridized carbons (Fsp3) is 0.500. The molecule has 20 heavy (non-hydrogen) atoms. The lowest BCUT2D eigenvalue weighted by Gasteiger charge is -2.32. The zero-order chi connectivity index (χ0) is 14.5. The van der Waals surface area contributed by atoms with E-state index in [0.717, 1.165) is 19.6 Å². The largest absolute Gasteiger partial charge is 0.380 e. The van der Waals surface area contributed by atoms with Crippen molar-refractivity contribution in [3.8, 4) is 6.07 Å². The molecule has 1 aromatic carbocycles. The Bertz CT molecular complexity index is 516. The molecule has 1 saturated heterocycles. The van der Waals surface area contributed by atoms with Gasteiger partial charge in [0.25, 0.3) is 0 Å². The number of benzene rings is 1. The van der Waals surface area contributed by atoms with Crippen LogP contribution in [0.2, 0.25) is 0 Å². The van der Waals surface area contributed by atoms with Crippen LogP contribution in [0.15, 0.2) is 12.1 Å². The van der Waals surface area contributed by atoms with Crippen molar-refractivity contribution in [2.24, 2.45) is 0 Å². The lowest BCUT2D eigenvalue weighted by molar-refractivity contribution is -0.0192. The molecule has 2 rings (SSSR count). The maximum absolute atomic E-state index is 13.7. The van der Waals surface area contributed by atoms with Crippen LogP contribution in [0, 0.1) is 23.0 Å². The molecule has 1 heterocycles. The second-order valence-corrected chi connectivity index (χ2v) is 4.67. The molecule has 108 valence electrons. The van der Waals surface area contributed by atoms with E-state index in [9.17, 15) is 8.78 Å². The van der Waals surface area contributed by atoms with Gasteiger partial charge in [-0.2, -0.15) is 5.26 Å². The normalized spacial score (nSPS) is 19.6. The summed E-state index contributed by atoms with van der Waals surface area (Å²) in [4.78, 5) is 2.24. The van der Waals surface area contributed by atoms with Gasteiger partial charge in [-0.05, 0) is 18.7 Å². The van der Waals surface area contributed by atoms with Gasteiger partial charge in [-0.15, -0.1) is 0 Å². The van der Waals surface area contributed by atoms with Crippen molar-refractivity contribution >= 4 is 5.69 Å². The average molecular weight is 281 g/mol. The number of morpholine rings is 1. The number of hydrogen-bond acceptors (Lipinski definition) is 4. The van der Waals surface area contributed by atoms with Gasteiger partial charge in [0.1, 0.15) is 6.07 Å². The number of rotatable bonds is 4. The summed E-state index contributed by atoms with van der Waals surface area (Å²) in [6, 6.07) is 4.25. The Balaban J connectivity index is 1.98. The minimum atomic E-state index is -1.11. The van der Waals surface area contributed by atoms with Crippen molar-refractivity contribution in [1.29, 1.82) is 5.26 Å². The third kappa shape index (κ3) is 3.24. The predicted octanol–water partition coefficient (Wildman–Crippen LogP) is 1.97. The number of hydrogen-bond donors (Lipinski definition) is 1. The first-order valence-electron chi connectivity index (χ1n) is 6.61. The Kier molecular flexibility index (Phi) is 4.88. The van der Waals surface area contributed by atoms with E-state index in [1.54, 1.807) is 6.07 Å². The van der Waals surface area contributed by atoms with Gasteiger partial charge in [-0.25, -0.2) is 8.78 Å². The summed E-state index contributed by atoms with van der Waals surface area (Å²) in [5.74, 6) is -2.13. The molecule has 1 unspecified atom stereocenters. The molecule has 0 spiro atoms. The van der Waals surface area contributed by atoms with Crippen molar-refractivity contribution in [2.75, 3.05) is 38.1 Å². The Morgan fingerprint density at radius 2 is 2.25 bits per heavy atom. The average Bonchev–Trinajstić information content (AvgIpc) is 2.49. The van der Waals surface area contributed by atoms with Gasteiger partial charge in [0.05, 0.1) is 24.0 Å². The van der Waals surface area contributed by atoms with Crippen LogP contribution in [0.4, 0.5) is 14.5 Å². The zero-order valence-corrected chi connectivity index (χ0v) is 11.3. The number of nitriles is 1. The molecular formula is C14H17F2N3O. The third-order valence-electron chi connectivity index (χ3n) is 3.39. The first-order chi connectivity index (χ1) is 9.65. The summed E-state index contributed by atoms with van der Waals surface area (Å²) >= 11 is 0. The maximum Gasteiger partial charge on any atom is 0.183 e. The quantitative estimate of drug-likeness (QED) is 0.916. The summed E-state index contributed by atoms with van der Waals surface area (Å²) < 4.78 is 32.7. The molecule has 0 amide bonds. The van der Waals surface area contributed by atoms with Crippen molar-refractivity contribution in [1.82, 2.24) is 4.90 Å². The van der Waals surface area contributed by atoms with E-state index in [4.69, 9.17) is 10.00 Å². The van der Waals surface area contributed by atoms with Crippen LogP contribution in [0.3, 0.4) is 0 Å². The van der Waals surface area contributed by atoms with Crippen LogP contribution >= 0.6 is 0 Å². The van der Waals surface area contributed by atoms with Crippen molar-refractivity contribution < 1.29 is 13.5 Å². The Labute approximate surface area is 116 Å². The number of nitrogens with one attached hydrogen (secondary N) is 1. The Hall–Kier alpha value is -1.71. The van der Waals surface area contributed by atoms with E-state index in [-0.39, 0.29) is 17.4 Å². The fourth-order valence-electron chi connectivity index (χ4n) is 2.19. The van der Waals surface area contributed by atoms with Crippen LogP contribution in [0.25, 0.3) is 0 Å². The molecule has 0 bridgehead atoms. The van der Waals surface area contributed by atoms with E-state index in [1.807, 2.05) is 0 Å². The van der Waals surface area contributed by atoms with Gasteiger partial charge >= 0.3 is 0 Å². The highest BCUT2D eigenvalue weighted by atomic mass is 19.2. The van der Waals surface area contributed by atoms with E-state index in [0.29, 0.717) is 13.2 Å². The molecule has 0 aromatic heterocycles. The third-order valence-corrected chi connectivity index (χ3v) is 3.39. The molecular weight excluding hydrogens is 264 g/mol. The van der Waals surface area contributed by atoms with Crippen molar-refractivity contribution in [2.45, 2.75) is 13.0 Å². The van der Waals surface area contributed by atoms with E-state index < -0.39 is 11.6 Å². The highest BCUT2D eigenvalue weighted by molar-refractivity contribution is 5.49. The van der Waals surface area contributed by atoms with E-state index in [1.165, 1.54) is 12.1 Å². The molecule has 1 aliphatic rings. The highest BCUT2D eigenvalue weighted by Gasteiger charge is 2.20. The minimum absolute atomic E-state index is 0.0539. The summed E-state index contributed by atoms with van der Waals surface area (Å²) in [7, 11) is 0. The van der Waals surface area contributed by atoms with Gasteiger partial charge in [0.2, 0.25) is 0 Å². The monoisotopic (exact) mass is 281 g/mol. The number of anilines is 1. The van der Waals surface area contributed by atoms with Crippen LogP contribution in [0.1, 0.15) is 12.5 Å². The number of likely N-dealkylation sites (N-methyl/N-ethyl adjacent to an activating group) is 1. The van der Waals surface area contributed by atoms with Crippen molar-refractivity contribution in [3.63, 3.8) is 0 Å². The van der Waals surface area contributed by atoms with Crippen LogP contribution < -0.4 is 5.32 Å². The molecule has 6 heteroatoms. The number of ether oxygens (including phenoxy) is 1. The molecule has 4 nitrogen and oxygen atoms in total. The van der Waals surface area contributed by atoms with Gasteiger partial charge in [-0.3, -0.25) is 4.90 Å². The van der Waals surface area contributed by atoms with Gasteiger partial charge in [0, 0.05) is 19.6 Å². The van der Waals surface area contributed by atoms with Crippen LogP contribution in [0.5, 0.6) is 0 Å². The van der Waals surface area contributed by atoms with Gasteiger partial charge in [0.15, 0.2) is 11.6 Å². The molecule has 0 aliphatic carbocycles. The maximum atomic E-state index is 13.7. The topological polar surface area (TPSA) is 48.3 Å². The fourth-order valence-corrected chi connectivity index (χ4v) is 2.19. The summed E-state index contributed by atoms with van der Waals surface area (Å²) in [6.07, 6.45) is -0.0539. The molecule has 1 atom stereocenters. The molecule has 1 N–H and O–H groups in total. The first-order valence-corrected chi connectivity index (χ1v) is 6.61. The number of halogens is 2. The summed E-state index contributed by atoms with van der Waals surface area (Å²) in [5, 5.41) is 11.5.